The maximum atomic E-state index is 14.0. The van der Waals surface area contributed by atoms with Gasteiger partial charge in [0, 0.05) is 51.9 Å². The summed E-state index contributed by atoms with van der Waals surface area (Å²) in [6.45, 7) is 12.5. The first-order chi connectivity index (χ1) is 24.7. The summed E-state index contributed by atoms with van der Waals surface area (Å²) in [5.41, 5.74) is 4.20. The van der Waals surface area contributed by atoms with Gasteiger partial charge in [0.1, 0.15) is 30.1 Å². The zero-order valence-corrected chi connectivity index (χ0v) is 31.2. The number of nitrogens with zero attached hydrogens (tertiary/aromatic N) is 5. The molecule has 15 heteroatoms. The monoisotopic (exact) mass is 735 g/mol. The predicted octanol–water partition coefficient (Wildman–Crippen LogP) is 2.72. The standard InChI is InChI=1S/C37H49N7O7S/c1-23(25-8-10-26(11-9-25)31-24(2)39-22-52-31)40-34(47)29-19-27(45)20-44(29)35(48)32(37(3,4)5)41-30(46)21-51-18-17-42-13-15-43(16-14-42)33-28(36(49)50)7-6-12-38-33/h6-12,22-23,27,29,32,45H,13-21H2,1-5H3,(H,40,47)(H,41,46)(H,49,50)/t23-,27+,29-,32+/m0/s1. The number of amides is 3. The van der Waals surface area contributed by atoms with E-state index in [4.69, 9.17) is 4.74 Å². The van der Waals surface area contributed by atoms with Gasteiger partial charge in [-0.1, -0.05) is 45.0 Å². The number of nitrogens with one attached hydrogen (secondary N) is 2. The number of carbonyl (C=O) groups is 4. The zero-order chi connectivity index (χ0) is 37.6. The second-order valence-corrected chi connectivity index (χ2v) is 15.3. The fraction of sp³-hybridized carbons (Fsp3) is 0.514. The van der Waals surface area contributed by atoms with Gasteiger partial charge in [-0.25, -0.2) is 14.8 Å². The van der Waals surface area contributed by atoms with Crippen LogP contribution in [0.15, 0.2) is 48.1 Å². The molecular formula is C37H49N7O7S. The number of aromatic nitrogens is 2. The SMILES string of the molecule is Cc1ncsc1-c1ccc([C@H](C)NC(=O)[C@@H]2C[C@@H](O)CN2C(=O)[C@@H](NC(=O)COCCN2CCN(c3ncccc3C(=O)O)CC2)C(C)(C)C)cc1. The minimum Gasteiger partial charge on any atom is -0.478 e. The first kappa shape index (κ1) is 38.8. The highest BCUT2D eigenvalue weighted by Gasteiger charge is 2.44. The van der Waals surface area contributed by atoms with E-state index < -0.39 is 41.4 Å². The van der Waals surface area contributed by atoms with Gasteiger partial charge >= 0.3 is 5.97 Å². The topological polar surface area (TPSA) is 178 Å². The maximum absolute atomic E-state index is 14.0. The lowest BCUT2D eigenvalue weighted by atomic mass is 9.85. The van der Waals surface area contributed by atoms with Crippen molar-refractivity contribution in [3.05, 3.63) is 64.9 Å². The number of pyridine rings is 1. The molecule has 2 fully saturated rings. The van der Waals surface area contributed by atoms with Crippen LogP contribution in [0.1, 0.15) is 61.8 Å². The smallest absolute Gasteiger partial charge is 0.339 e. The predicted molar refractivity (Wildman–Crippen MR) is 197 cm³/mol. The normalized spacial score (nSPS) is 19.3. The first-order valence-electron chi connectivity index (χ1n) is 17.5. The summed E-state index contributed by atoms with van der Waals surface area (Å²) >= 11 is 1.57. The number of rotatable bonds is 13. The Morgan fingerprint density at radius 2 is 1.75 bits per heavy atom. The van der Waals surface area contributed by atoms with Crippen molar-refractivity contribution in [2.24, 2.45) is 5.41 Å². The summed E-state index contributed by atoms with van der Waals surface area (Å²) in [6.07, 6.45) is 0.808. The Morgan fingerprint density at radius 3 is 2.38 bits per heavy atom. The zero-order valence-electron chi connectivity index (χ0n) is 30.4. The highest BCUT2D eigenvalue weighted by atomic mass is 32.1. The van der Waals surface area contributed by atoms with Crippen LogP contribution in [-0.4, -0.2) is 124 Å². The quantitative estimate of drug-likeness (QED) is 0.190. The molecule has 4 atom stereocenters. The molecule has 3 aromatic rings. The van der Waals surface area contributed by atoms with Crippen LogP contribution in [0.25, 0.3) is 10.4 Å². The molecule has 0 bridgehead atoms. The highest BCUT2D eigenvalue weighted by Crippen LogP contribution is 2.29. The van der Waals surface area contributed by atoms with E-state index in [1.165, 1.54) is 4.90 Å². The van der Waals surface area contributed by atoms with Crippen molar-refractivity contribution in [2.45, 2.75) is 65.3 Å². The highest BCUT2D eigenvalue weighted by molar-refractivity contribution is 7.13. The molecule has 0 spiro atoms. The molecule has 0 unspecified atom stereocenters. The number of carbonyl (C=O) groups excluding carboxylic acids is 3. The number of β-amino-alcohol motifs (C(OH)–C–C–N with tert-alkyl or cyclic N) is 1. The van der Waals surface area contributed by atoms with Gasteiger partial charge < -0.3 is 35.4 Å². The van der Waals surface area contributed by atoms with Crippen LogP contribution in [0.4, 0.5) is 5.82 Å². The molecule has 0 radical (unpaired) electrons. The van der Waals surface area contributed by atoms with Crippen LogP contribution in [0.2, 0.25) is 0 Å². The Morgan fingerprint density at radius 1 is 1.04 bits per heavy atom. The number of carboxylic acids is 1. The summed E-state index contributed by atoms with van der Waals surface area (Å²) in [6, 6.07) is 8.88. The van der Waals surface area contributed by atoms with Gasteiger partial charge in [-0.05, 0) is 42.5 Å². The van der Waals surface area contributed by atoms with Crippen LogP contribution in [0.5, 0.6) is 0 Å². The number of piperazine rings is 1. The average Bonchev–Trinajstić information content (AvgIpc) is 3.73. The molecule has 14 nitrogen and oxygen atoms in total. The summed E-state index contributed by atoms with van der Waals surface area (Å²) in [5.74, 6) is -1.82. The van der Waals surface area contributed by atoms with Crippen molar-refractivity contribution >= 4 is 40.8 Å². The van der Waals surface area contributed by atoms with Crippen LogP contribution in [0.3, 0.4) is 0 Å². The number of likely N-dealkylation sites (tertiary alicyclic amines) is 1. The number of benzene rings is 1. The molecular weight excluding hydrogens is 687 g/mol. The van der Waals surface area contributed by atoms with E-state index in [-0.39, 0.29) is 43.7 Å². The third kappa shape index (κ3) is 9.50. The van der Waals surface area contributed by atoms with Gasteiger partial charge in [0.15, 0.2) is 0 Å². The second-order valence-electron chi connectivity index (χ2n) is 14.4. The Balaban J connectivity index is 1.10. The molecule has 4 heterocycles. The summed E-state index contributed by atoms with van der Waals surface area (Å²) < 4.78 is 5.69. The largest absolute Gasteiger partial charge is 0.478 e. The Kier molecular flexibility index (Phi) is 12.6. The number of aliphatic hydroxyl groups is 1. The van der Waals surface area contributed by atoms with Gasteiger partial charge in [0.2, 0.25) is 17.7 Å². The average molecular weight is 736 g/mol. The molecule has 52 heavy (non-hydrogen) atoms. The molecule has 2 saturated heterocycles. The minimum absolute atomic E-state index is 0.0155. The van der Waals surface area contributed by atoms with Gasteiger partial charge in [0.25, 0.3) is 0 Å². The number of aliphatic hydroxyl groups excluding tert-OH is 1. The van der Waals surface area contributed by atoms with Crippen LogP contribution >= 0.6 is 11.3 Å². The van der Waals surface area contributed by atoms with Crippen molar-refractivity contribution in [2.75, 3.05) is 57.4 Å². The minimum atomic E-state index is -1.01. The molecule has 5 rings (SSSR count). The lowest BCUT2D eigenvalue weighted by molar-refractivity contribution is -0.144. The Bertz CT molecular complexity index is 1720. The fourth-order valence-corrected chi connectivity index (χ4v) is 7.39. The number of hydrogen-bond acceptors (Lipinski definition) is 11. The van der Waals surface area contributed by atoms with Crippen molar-refractivity contribution in [1.82, 2.24) is 30.4 Å². The Labute approximate surface area is 308 Å². The molecule has 2 aromatic heterocycles. The second kappa shape index (κ2) is 16.9. The fourth-order valence-electron chi connectivity index (χ4n) is 6.58. The number of carboxylic acid groups (broad SMARTS) is 1. The van der Waals surface area contributed by atoms with Gasteiger partial charge in [-0.2, -0.15) is 0 Å². The molecule has 280 valence electrons. The molecule has 0 saturated carbocycles. The van der Waals surface area contributed by atoms with Gasteiger partial charge in [-0.3, -0.25) is 19.3 Å². The first-order valence-corrected chi connectivity index (χ1v) is 18.4. The van der Waals surface area contributed by atoms with E-state index in [0.29, 0.717) is 38.5 Å². The van der Waals surface area contributed by atoms with Crippen LogP contribution in [0, 0.1) is 12.3 Å². The number of thiazole rings is 1. The van der Waals surface area contributed by atoms with Gasteiger partial charge in [0.05, 0.1) is 34.8 Å². The van der Waals surface area contributed by atoms with Crippen LogP contribution < -0.4 is 15.5 Å². The van der Waals surface area contributed by atoms with E-state index >= 15 is 0 Å². The molecule has 1 aromatic carbocycles. The Hall–Kier alpha value is -4.44. The number of ether oxygens (including phenoxy) is 1. The van der Waals surface area contributed by atoms with E-state index in [1.807, 2.05) is 69.3 Å². The third-order valence-electron chi connectivity index (χ3n) is 9.53. The number of aryl methyl sites for hydroxylation is 1. The lowest BCUT2D eigenvalue weighted by Gasteiger charge is -2.36. The lowest BCUT2D eigenvalue weighted by Crippen LogP contribution is -2.58. The summed E-state index contributed by atoms with van der Waals surface area (Å²) in [5, 5.41) is 25.9. The van der Waals surface area contributed by atoms with Crippen molar-refractivity contribution < 1.29 is 34.1 Å². The maximum Gasteiger partial charge on any atom is 0.339 e. The molecule has 2 aliphatic rings. The van der Waals surface area contributed by atoms with E-state index in [2.05, 4.69) is 25.5 Å². The molecule has 3 amide bonds. The molecule has 4 N–H and O–H groups in total. The number of hydrogen-bond donors (Lipinski definition) is 4. The summed E-state index contributed by atoms with van der Waals surface area (Å²) in [4.78, 5) is 67.3. The molecule has 2 aliphatic heterocycles. The van der Waals surface area contributed by atoms with Crippen LogP contribution in [-0.2, 0) is 19.1 Å². The third-order valence-corrected chi connectivity index (χ3v) is 10.5. The van der Waals surface area contributed by atoms with E-state index in [9.17, 15) is 29.4 Å². The van der Waals surface area contributed by atoms with Crippen molar-refractivity contribution in [3.63, 3.8) is 0 Å². The van der Waals surface area contributed by atoms with Crippen molar-refractivity contribution in [1.29, 1.82) is 0 Å². The van der Waals surface area contributed by atoms with Crippen molar-refractivity contribution in [3.8, 4) is 10.4 Å². The number of aromatic carboxylic acids is 1. The molecule has 0 aliphatic carbocycles. The van der Waals surface area contributed by atoms with E-state index in [0.717, 1.165) is 21.7 Å². The van der Waals surface area contributed by atoms with E-state index in [1.54, 1.807) is 29.7 Å². The number of anilines is 1. The van der Waals surface area contributed by atoms with Gasteiger partial charge in [-0.15, -0.1) is 11.3 Å². The summed E-state index contributed by atoms with van der Waals surface area (Å²) in [7, 11) is 0.